The molecule has 2 N–H and O–H groups in total. The number of hydrogen-bond donors (Lipinski definition) is 2. The molecule has 174 valence electrons. The van der Waals surface area contributed by atoms with Gasteiger partial charge in [-0.25, -0.2) is 0 Å². The van der Waals surface area contributed by atoms with Crippen LogP contribution in [0.5, 0.6) is 11.5 Å². The molecule has 2 atom stereocenters. The minimum Gasteiger partial charge on any atom is -0.468 e. The number of hydrogen-bond acceptors (Lipinski definition) is 7. The number of aliphatic imine (C=N–C) groups is 1. The number of carbonyl (C=O) groups is 2. The number of nitrogens with zero attached hydrogens (tertiary/aromatic N) is 2. The smallest absolute Gasteiger partial charge is 0.325 e. The Bertz CT molecular complexity index is 1020. The quantitative estimate of drug-likeness (QED) is 0.628. The molecule has 8 heteroatoms. The lowest BCUT2D eigenvalue weighted by molar-refractivity contribution is -0.141. The molecule has 0 spiro atoms. The zero-order chi connectivity index (χ0) is 23.2. The number of nitrogens with one attached hydrogen (secondary N) is 1. The standard InChI is InChI=1S/C25H29N3O5/c1-32-22(29)15-26-25(31)23-24(30)19-11-10-18(33-17-8-4-2-5-9-17)14-20(19)21(27-23)16-28-12-6-3-7-13-28/h2,4-5,8-11,14,23-24,30H,3,6-7,12-13,15-16H2,1H3,(H,26,31). The highest BCUT2D eigenvalue weighted by Gasteiger charge is 2.35. The van der Waals surface area contributed by atoms with Crippen LogP contribution < -0.4 is 10.1 Å². The van der Waals surface area contributed by atoms with E-state index in [-0.39, 0.29) is 6.54 Å². The van der Waals surface area contributed by atoms with E-state index in [9.17, 15) is 14.7 Å². The molecular formula is C25H29N3O5. The first-order chi connectivity index (χ1) is 16.0. The molecule has 2 aliphatic rings. The third-order valence-corrected chi connectivity index (χ3v) is 5.95. The van der Waals surface area contributed by atoms with Crippen molar-refractivity contribution in [3.63, 3.8) is 0 Å². The average molecular weight is 452 g/mol. The lowest BCUT2D eigenvalue weighted by Gasteiger charge is -2.32. The summed E-state index contributed by atoms with van der Waals surface area (Å²) in [5, 5.41) is 13.5. The van der Waals surface area contributed by atoms with Crippen molar-refractivity contribution < 1.29 is 24.2 Å². The van der Waals surface area contributed by atoms with Gasteiger partial charge in [0.2, 0.25) is 5.91 Å². The maximum atomic E-state index is 12.8. The fourth-order valence-electron chi connectivity index (χ4n) is 4.20. The molecule has 33 heavy (non-hydrogen) atoms. The number of aliphatic hydroxyl groups is 1. The van der Waals surface area contributed by atoms with E-state index < -0.39 is 24.0 Å². The lowest BCUT2D eigenvalue weighted by Crippen LogP contribution is -2.44. The Hall–Kier alpha value is -3.23. The van der Waals surface area contributed by atoms with E-state index in [1.807, 2.05) is 36.4 Å². The van der Waals surface area contributed by atoms with Gasteiger partial charge in [-0.3, -0.25) is 19.5 Å². The number of aliphatic hydroxyl groups excluding tert-OH is 1. The van der Waals surface area contributed by atoms with Crippen molar-refractivity contribution in [1.82, 2.24) is 10.2 Å². The summed E-state index contributed by atoms with van der Waals surface area (Å²) < 4.78 is 10.6. The topological polar surface area (TPSA) is 100 Å². The molecule has 1 saturated heterocycles. The summed E-state index contributed by atoms with van der Waals surface area (Å²) >= 11 is 0. The van der Waals surface area contributed by atoms with Gasteiger partial charge in [-0.2, -0.15) is 0 Å². The molecule has 0 bridgehead atoms. The molecule has 0 aliphatic carbocycles. The molecule has 0 aromatic heterocycles. The highest BCUT2D eigenvalue weighted by Crippen LogP contribution is 2.33. The number of carbonyl (C=O) groups excluding carboxylic acids is 2. The molecule has 4 rings (SSSR count). The van der Waals surface area contributed by atoms with Crippen LogP contribution in [0, 0.1) is 0 Å². The second-order valence-electron chi connectivity index (χ2n) is 8.26. The van der Waals surface area contributed by atoms with Crippen molar-refractivity contribution in [3.8, 4) is 11.5 Å². The number of methoxy groups -OCH3 is 1. The van der Waals surface area contributed by atoms with Gasteiger partial charge in [0.15, 0.2) is 6.04 Å². The van der Waals surface area contributed by atoms with Crippen LogP contribution in [0.2, 0.25) is 0 Å². The molecule has 0 radical (unpaired) electrons. The third-order valence-electron chi connectivity index (χ3n) is 5.95. The monoisotopic (exact) mass is 451 g/mol. The van der Waals surface area contributed by atoms with Gasteiger partial charge in [0.05, 0.1) is 12.8 Å². The second-order valence-corrected chi connectivity index (χ2v) is 8.26. The van der Waals surface area contributed by atoms with E-state index in [0.717, 1.165) is 37.2 Å². The highest BCUT2D eigenvalue weighted by molar-refractivity contribution is 6.06. The summed E-state index contributed by atoms with van der Waals surface area (Å²) in [6.07, 6.45) is 2.34. The summed E-state index contributed by atoms with van der Waals surface area (Å²) in [6, 6.07) is 13.9. The van der Waals surface area contributed by atoms with Crippen LogP contribution in [0.3, 0.4) is 0 Å². The maximum Gasteiger partial charge on any atom is 0.325 e. The number of para-hydroxylation sites is 1. The minimum atomic E-state index is -1.13. The molecule has 2 aromatic carbocycles. The number of fused-ring (bicyclic) bond motifs is 1. The van der Waals surface area contributed by atoms with Crippen molar-refractivity contribution >= 4 is 17.6 Å². The van der Waals surface area contributed by atoms with Gasteiger partial charge >= 0.3 is 5.97 Å². The number of amides is 1. The summed E-state index contributed by atoms with van der Waals surface area (Å²) in [5.74, 6) is 0.268. The van der Waals surface area contributed by atoms with Gasteiger partial charge in [-0.05, 0) is 55.8 Å². The van der Waals surface area contributed by atoms with Gasteiger partial charge < -0.3 is 19.9 Å². The Morgan fingerprint density at radius 1 is 1.09 bits per heavy atom. The molecule has 8 nitrogen and oxygen atoms in total. The van der Waals surface area contributed by atoms with Crippen LogP contribution in [0.15, 0.2) is 53.5 Å². The van der Waals surface area contributed by atoms with E-state index in [0.29, 0.717) is 23.6 Å². The Balaban J connectivity index is 1.62. The molecule has 1 fully saturated rings. The first-order valence-electron chi connectivity index (χ1n) is 11.2. The number of ether oxygens (including phenoxy) is 2. The Labute approximate surface area is 193 Å². The Kier molecular flexibility index (Phi) is 7.36. The zero-order valence-electron chi connectivity index (χ0n) is 18.7. The van der Waals surface area contributed by atoms with Crippen molar-refractivity contribution in [2.24, 2.45) is 4.99 Å². The average Bonchev–Trinajstić information content (AvgIpc) is 2.85. The van der Waals surface area contributed by atoms with Gasteiger partial charge in [0.1, 0.15) is 24.1 Å². The fraction of sp³-hybridized carbons (Fsp3) is 0.400. The van der Waals surface area contributed by atoms with Crippen LogP contribution in [0.1, 0.15) is 36.5 Å². The summed E-state index contributed by atoms with van der Waals surface area (Å²) in [5.41, 5.74) is 2.13. The molecule has 2 heterocycles. The van der Waals surface area contributed by atoms with Crippen molar-refractivity contribution in [2.75, 3.05) is 33.3 Å². The molecule has 2 unspecified atom stereocenters. The molecule has 0 saturated carbocycles. The van der Waals surface area contributed by atoms with Crippen LogP contribution in [0.4, 0.5) is 0 Å². The predicted octanol–water partition coefficient (Wildman–Crippen LogP) is 2.46. The second kappa shape index (κ2) is 10.6. The van der Waals surface area contributed by atoms with Gasteiger partial charge in [-0.1, -0.05) is 30.7 Å². The van der Waals surface area contributed by atoms with E-state index in [1.165, 1.54) is 13.5 Å². The predicted molar refractivity (Wildman–Crippen MR) is 124 cm³/mol. The molecular weight excluding hydrogens is 422 g/mol. The van der Waals surface area contributed by atoms with Crippen LogP contribution in [-0.4, -0.2) is 66.9 Å². The van der Waals surface area contributed by atoms with Gasteiger partial charge in [0, 0.05) is 12.1 Å². The number of esters is 1. The van der Waals surface area contributed by atoms with Crippen LogP contribution >= 0.6 is 0 Å². The van der Waals surface area contributed by atoms with Crippen LogP contribution in [-0.2, 0) is 14.3 Å². The van der Waals surface area contributed by atoms with Crippen molar-refractivity contribution in [3.05, 3.63) is 59.7 Å². The number of rotatable bonds is 7. The summed E-state index contributed by atoms with van der Waals surface area (Å²) in [4.78, 5) is 31.2. The Morgan fingerprint density at radius 2 is 1.85 bits per heavy atom. The van der Waals surface area contributed by atoms with E-state index in [2.05, 4.69) is 19.9 Å². The normalized spacial score (nSPS) is 20.4. The summed E-state index contributed by atoms with van der Waals surface area (Å²) in [7, 11) is 1.25. The minimum absolute atomic E-state index is 0.272. The maximum absolute atomic E-state index is 12.8. The highest BCUT2D eigenvalue weighted by atomic mass is 16.5. The Morgan fingerprint density at radius 3 is 2.58 bits per heavy atom. The molecule has 2 aromatic rings. The van der Waals surface area contributed by atoms with Gasteiger partial charge in [0.25, 0.3) is 0 Å². The first-order valence-corrected chi connectivity index (χ1v) is 11.2. The van der Waals surface area contributed by atoms with E-state index in [1.54, 1.807) is 12.1 Å². The zero-order valence-corrected chi connectivity index (χ0v) is 18.7. The van der Waals surface area contributed by atoms with E-state index >= 15 is 0 Å². The molecule has 1 amide bonds. The SMILES string of the molecule is COC(=O)CNC(=O)C1N=C(CN2CCCCC2)c2cc(Oc3ccccc3)ccc2C1O. The van der Waals surface area contributed by atoms with Gasteiger partial charge in [-0.15, -0.1) is 0 Å². The van der Waals surface area contributed by atoms with Crippen LogP contribution in [0.25, 0.3) is 0 Å². The third kappa shape index (κ3) is 5.58. The van der Waals surface area contributed by atoms with E-state index in [4.69, 9.17) is 4.74 Å². The fourth-order valence-corrected chi connectivity index (χ4v) is 4.20. The largest absolute Gasteiger partial charge is 0.468 e. The van der Waals surface area contributed by atoms with Crippen molar-refractivity contribution in [2.45, 2.75) is 31.4 Å². The summed E-state index contributed by atoms with van der Waals surface area (Å²) in [6.45, 7) is 2.24. The number of benzene rings is 2. The lowest BCUT2D eigenvalue weighted by atomic mass is 9.90. The first kappa shape index (κ1) is 22.9. The number of piperidine rings is 1. The van der Waals surface area contributed by atoms with Crippen molar-refractivity contribution in [1.29, 1.82) is 0 Å². The molecule has 2 aliphatic heterocycles. The number of likely N-dealkylation sites (tertiary alicyclic amines) is 1.